The van der Waals surface area contributed by atoms with Crippen LogP contribution in [0.3, 0.4) is 0 Å². The Hall–Kier alpha value is -3.02. The van der Waals surface area contributed by atoms with Gasteiger partial charge in [0.2, 0.25) is 0 Å². The van der Waals surface area contributed by atoms with Gasteiger partial charge in [-0.2, -0.15) is 0 Å². The molecule has 6 heteroatoms. The smallest absolute Gasteiger partial charge is 0.256 e. The third-order valence-electron chi connectivity index (χ3n) is 5.66. The maximum absolute atomic E-state index is 13.2. The van der Waals surface area contributed by atoms with Crippen molar-refractivity contribution < 1.29 is 14.3 Å². The molecule has 0 aliphatic carbocycles. The van der Waals surface area contributed by atoms with Gasteiger partial charge in [-0.05, 0) is 62.1 Å². The molecule has 0 saturated carbocycles. The van der Waals surface area contributed by atoms with Crippen molar-refractivity contribution in [1.82, 2.24) is 4.90 Å². The van der Waals surface area contributed by atoms with E-state index in [9.17, 15) is 9.59 Å². The van der Waals surface area contributed by atoms with E-state index in [4.69, 9.17) is 4.74 Å². The van der Waals surface area contributed by atoms with Crippen LogP contribution in [0.5, 0.6) is 5.75 Å². The number of hydrogen-bond donors (Lipinski definition) is 1. The fraction of sp³-hybridized carbons (Fsp3) is 0.391. The molecule has 2 saturated heterocycles. The molecule has 2 aromatic carbocycles. The number of hydrogen-bond acceptors (Lipinski definition) is 4. The standard InChI is InChI=1S/C23H27N3O3/c1-29-19-8-6-7-17(15-19)22(27)24-18-9-10-21(25-11-2-3-12-25)20(16-18)23(28)26-13-4-5-14-26/h6-10,15-16H,2-5,11-14H2,1H3,(H,24,27). The minimum Gasteiger partial charge on any atom is -0.497 e. The lowest BCUT2D eigenvalue weighted by atomic mass is 10.1. The Labute approximate surface area is 171 Å². The molecule has 0 aromatic heterocycles. The lowest BCUT2D eigenvalue weighted by Crippen LogP contribution is -2.30. The van der Waals surface area contributed by atoms with E-state index in [-0.39, 0.29) is 11.8 Å². The van der Waals surface area contributed by atoms with Crippen molar-refractivity contribution in [1.29, 1.82) is 0 Å². The topological polar surface area (TPSA) is 61.9 Å². The van der Waals surface area contributed by atoms with Crippen molar-refractivity contribution in [3.8, 4) is 5.75 Å². The van der Waals surface area contributed by atoms with Crippen LogP contribution in [0.1, 0.15) is 46.4 Å². The highest BCUT2D eigenvalue weighted by Crippen LogP contribution is 2.30. The lowest BCUT2D eigenvalue weighted by Gasteiger charge is -2.24. The molecule has 0 unspecified atom stereocenters. The zero-order valence-electron chi connectivity index (χ0n) is 16.8. The van der Waals surface area contributed by atoms with Crippen LogP contribution in [0.15, 0.2) is 42.5 Å². The molecule has 0 spiro atoms. The number of carbonyl (C=O) groups is 2. The molecule has 1 N–H and O–H groups in total. The van der Waals surface area contributed by atoms with Gasteiger partial charge in [-0.15, -0.1) is 0 Å². The zero-order chi connectivity index (χ0) is 20.2. The Balaban J connectivity index is 1.61. The first kappa shape index (κ1) is 19.3. The maximum Gasteiger partial charge on any atom is 0.256 e. The summed E-state index contributed by atoms with van der Waals surface area (Å²) in [5.41, 5.74) is 2.79. The van der Waals surface area contributed by atoms with Gasteiger partial charge in [0.25, 0.3) is 11.8 Å². The Morgan fingerprint density at radius 2 is 1.66 bits per heavy atom. The van der Waals surface area contributed by atoms with Gasteiger partial charge >= 0.3 is 0 Å². The average molecular weight is 393 g/mol. The normalized spacial score (nSPS) is 16.2. The number of carbonyl (C=O) groups excluding carboxylic acids is 2. The Morgan fingerprint density at radius 3 is 2.38 bits per heavy atom. The second-order valence-electron chi connectivity index (χ2n) is 7.61. The Bertz CT molecular complexity index is 900. The first-order valence-electron chi connectivity index (χ1n) is 10.3. The predicted octanol–water partition coefficient (Wildman–Crippen LogP) is 3.78. The van der Waals surface area contributed by atoms with Crippen LogP contribution in [-0.2, 0) is 0 Å². The number of likely N-dealkylation sites (tertiary alicyclic amines) is 1. The van der Waals surface area contributed by atoms with E-state index in [1.165, 1.54) is 0 Å². The quantitative estimate of drug-likeness (QED) is 0.840. The van der Waals surface area contributed by atoms with Crippen LogP contribution < -0.4 is 15.0 Å². The van der Waals surface area contributed by atoms with Gasteiger partial charge in [0.15, 0.2) is 0 Å². The monoisotopic (exact) mass is 393 g/mol. The molecular weight excluding hydrogens is 366 g/mol. The lowest BCUT2D eigenvalue weighted by molar-refractivity contribution is 0.0793. The Morgan fingerprint density at radius 1 is 0.931 bits per heavy atom. The molecule has 0 radical (unpaired) electrons. The molecule has 0 atom stereocenters. The summed E-state index contributed by atoms with van der Waals surface area (Å²) >= 11 is 0. The largest absolute Gasteiger partial charge is 0.497 e. The molecule has 6 nitrogen and oxygen atoms in total. The van der Waals surface area contributed by atoms with Gasteiger partial charge in [0.1, 0.15) is 5.75 Å². The van der Waals surface area contributed by atoms with Crippen LogP contribution in [0.25, 0.3) is 0 Å². The number of benzene rings is 2. The molecule has 29 heavy (non-hydrogen) atoms. The van der Waals surface area contributed by atoms with Gasteiger partial charge in [-0.25, -0.2) is 0 Å². The van der Waals surface area contributed by atoms with Crippen LogP contribution in [-0.4, -0.2) is 50.0 Å². The van der Waals surface area contributed by atoms with E-state index in [1.807, 2.05) is 23.1 Å². The van der Waals surface area contributed by atoms with Gasteiger partial charge in [0, 0.05) is 43.1 Å². The zero-order valence-corrected chi connectivity index (χ0v) is 16.8. The molecule has 2 aromatic rings. The van der Waals surface area contributed by atoms with Gasteiger partial charge < -0.3 is 19.9 Å². The van der Waals surface area contributed by atoms with E-state index >= 15 is 0 Å². The second-order valence-corrected chi connectivity index (χ2v) is 7.61. The number of ether oxygens (including phenoxy) is 1. The fourth-order valence-corrected chi connectivity index (χ4v) is 4.08. The van der Waals surface area contributed by atoms with E-state index in [2.05, 4.69) is 10.2 Å². The molecule has 2 amide bonds. The third kappa shape index (κ3) is 4.21. The van der Waals surface area contributed by atoms with E-state index in [0.29, 0.717) is 22.6 Å². The van der Waals surface area contributed by atoms with Gasteiger partial charge in [-0.1, -0.05) is 6.07 Å². The van der Waals surface area contributed by atoms with E-state index < -0.39 is 0 Å². The first-order valence-corrected chi connectivity index (χ1v) is 10.3. The number of anilines is 2. The van der Waals surface area contributed by atoms with Crippen molar-refractivity contribution in [3.05, 3.63) is 53.6 Å². The number of nitrogens with one attached hydrogen (secondary N) is 1. The molecule has 2 fully saturated rings. The summed E-state index contributed by atoms with van der Waals surface area (Å²) in [6, 6.07) is 12.7. The van der Waals surface area contributed by atoms with Gasteiger partial charge in [-0.3, -0.25) is 9.59 Å². The Kier molecular flexibility index (Phi) is 5.69. The molecule has 2 aliphatic heterocycles. The first-order chi connectivity index (χ1) is 14.2. The summed E-state index contributed by atoms with van der Waals surface area (Å²) in [6.45, 7) is 3.54. The summed E-state index contributed by atoms with van der Waals surface area (Å²) < 4.78 is 5.20. The highest BCUT2D eigenvalue weighted by atomic mass is 16.5. The maximum atomic E-state index is 13.2. The van der Waals surface area contributed by atoms with Gasteiger partial charge in [0.05, 0.1) is 12.7 Å². The minimum atomic E-state index is -0.225. The number of amides is 2. The van der Waals surface area contributed by atoms with Crippen molar-refractivity contribution in [2.45, 2.75) is 25.7 Å². The van der Waals surface area contributed by atoms with E-state index in [1.54, 1.807) is 31.4 Å². The number of methoxy groups -OCH3 is 1. The summed E-state index contributed by atoms with van der Waals surface area (Å²) in [6.07, 6.45) is 4.39. The predicted molar refractivity (Wildman–Crippen MR) is 114 cm³/mol. The minimum absolute atomic E-state index is 0.0573. The molecular formula is C23H27N3O3. The van der Waals surface area contributed by atoms with Crippen LogP contribution in [0, 0.1) is 0 Å². The van der Waals surface area contributed by atoms with E-state index in [0.717, 1.165) is 57.5 Å². The van der Waals surface area contributed by atoms with Crippen molar-refractivity contribution in [2.75, 3.05) is 43.5 Å². The van der Waals surface area contributed by atoms with Crippen molar-refractivity contribution >= 4 is 23.2 Å². The number of rotatable bonds is 5. The summed E-state index contributed by atoms with van der Waals surface area (Å²) in [4.78, 5) is 30.1. The SMILES string of the molecule is COc1cccc(C(=O)Nc2ccc(N3CCCC3)c(C(=O)N3CCCC3)c2)c1. The third-order valence-corrected chi connectivity index (χ3v) is 5.66. The van der Waals surface area contributed by atoms with Crippen molar-refractivity contribution in [2.24, 2.45) is 0 Å². The molecule has 4 rings (SSSR count). The van der Waals surface area contributed by atoms with Crippen LogP contribution >= 0.6 is 0 Å². The summed E-state index contributed by atoms with van der Waals surface area (Å²) in [7, 11) is 1.57. The average Bonchev–Trinajstić information content (AvgIpc) is 3.47. The summed E-state index contributed by atoms with van der Waals surface area (Å²) in [5, 5.41) is 2.93. The molecule has 0 bridgehead atoms. The fourth-order valence-electron chi connectivity index (χ4n) is 4.08. The molecule has 2 aliphatic rings. The highest BCUT2D eigenvalue weighted by Gasteiger charge is 2.25. The van der Waals surface area contributed by atoms with Crippen molar-refractivity contribution in [3.63, 3.8) is 0 Å². The molecule has 152 valence electrons. The highest BCUT2D eigenvalue weighted by molar-refractivity contribution is 6.06. The molecule has 2 heterocycles. The summed E-state index contributed by atoms with van der Waals surface area (Å²) in [5.74, 6) is 0.464. The van der Waals surface area contributed by atoms with Crippen LogP contribution in [0.2, 0.25) is 0 Å². The number of nitrogens with zero attached hydrogens (tertiary/aromatic N) is 2. The second kappa shape index (κ2) is 8.55. The van der Waals surface area contributed by atoms with Crippen LogP contribution in [0.4, 0.5) is 11.4 Å².